The second-order valence-electron chi connectivity index (χ2n) is 4.22. The van der Waals surface area contributed by atoms with E-state index in [0.29, 0.717) is 6.54 Å². The van der Waals surface area contributed by atoms with E-state index in [4.69, 9.17) is 4.74 Å². The standard InChI is InChI=1S/C12H19N3O4S/c1-19-8-7-15(20(2,17)18)10-12(16)14-9-11-3-5-13-6-4-11/h3-6H,7-10H2,1-2H3,(H,14,16). The summed E-state index contributed by atoms with van der Waals surface area (Å²) in [6.45, 7) is 0.513. The van der Waals surface area contributed by atoms with Gasteiger partial charge in [0.25, 0.3) is 0 Å². The number of sulfonamides is 1. The second kappa shape index (κ2) is 7.93. The van der Waals surface area contributed by atoms with Gasteiger partial charge >= 0.3 is 0 Å². The van der Waals surface area contributed by atoms with E-state index in [1.807, 2.05) is 0 Å². The Bertz CT molecular complexity index is 519. The Morgan fingerprint density at radius 3 is 2.60 bits per heavy atom. The van der Waals surface area contributed by atoms with Gasteiger partial charge in [0.1, 0.15) is 0 Å². The predicted molar refractivity (Wildman–Crippen MR) is 74.4 cm³/mol. The SMILES string of the molecule is COCCN(CC(=O)NCc1ccncc1)S(C)(=O)=O. The molecule has 1 aromatic heterocycles. The number of carbonyl (C=O) groups is 1. The van der Waals surface area contributed by atoms with Gasteiger partial charge in [-0.1, -0.05) is 0 Å². The number of hydrogen-bond donors (Lipinski definition) is 1. The van der Waals surface area contributed by atoms with Crippen molar-refractivity contribution in [2.24, 2.45) is 0 Å². The van der Waals surface area contributed by atoms with Crippen LogP contribution in [0, 0.1) is 0 Å². The monoisotopic (exact) mass is 301 g/mol. The van der Waals surface area contributed by atoms with E-state index in [9.17, 15) is 13.2 Å². The molecule has 20 heavy (non-hydrogen) atoms. The first-order valence-corrected chi connectivity index (χ1v) is 7.88. The molecule has 1 heterocycles. The quantitative estimate of drug-likeness (QED) is 0.706. The highest BCUT2D eigenvalue weighted by Gasteiger charge is 2.19. The molecule has 0 saturated heterocycles. The van der Waals surface area contributed by atoms with E-state index in [2.05, 4.69) is 10.3 Å². The van der Waals surface area contributed by atoms with Crippen molar-refractivity contribution in [3.8, 4) is 0 Å². The number of methoxy groups -OCH3 is 1. The van der Waals surface area contributed by atoms with Crippen LogP contribution in [0.5, 0.6) is 0 Å². The van der Waals surface area contributed by atoms with Crippen molar-refractivity contribution in [2.75, 3.05) is 33.1 Å². The van der Waals surface area contributed by atoms with Crippen LogP contribution in [0.1, 0.15) is 5.56 Å². The summed E-state index contributed by atoms with van der Waals surface area (Å²) in [4.78, 5) is 15.6. The molecule has 0 unspecified atom stereocenters. The highest BCUT2D eigenvalue weighted by Crippen LogP contribution is 1.99. The predicted octanol–water partition coefficient (Wildman–Crippen LogP) is -0.394. The molecule has 0 fully saturated rings. The van der Waals surface area contributed by atoms with E-state index in [1.165, 1.54) is 7.11 Å². The smallest absolute Gasteiger partial charge is 0.235 e. The van der Waals surface area contributed by atoms with Crippen molar-refractivity contribution in [3.05, 3.63) is 30.1 Å². The molecule has 0 aliphatic rings. The van der Waals surface area contributed by atoms with Gasteiger partial charge in [-0.25, -0.2) is 8.42 Å². The lowest BCUT2D eigenvalue weighted by atomic mass is 10.3. The van der Waals surface area contributed by atoms with Crippen molar-refractivity contribution in [2.45, 2.75) is 6.54 Å². The minimum absolute atomic E-state index is 0.151. The van der Waals surface area contributed by atoms with Crippen LogP contribution in [0.25, 0.3) is 0 Å². The maximum atomic E-state index is 11.8. The summed E-state index contributed by atoms with van der Waals surface area (Å²) in [5.74, 6) is -0.358. The molecular formula is C12H19N3O4S. The first-order valence-electron chi connectivity index (χ1n) is 6.03. The van der Waals surface area contributed by atoms with Crippen molar-refractivity contribution >= 4 is 15.9 Å². The molecular weight excluding hydrogens is 282 g/mol. The van der Waals surface area contributed by atoms with Crippen molar-refractivity contribution in [1.82, 2.24) is 14.6 Å². The van der Waals surface area contributed by atoms with Gasteiger partial charge in [0.05, 0.1) is 19.4 Å². The minimum atomic E-state index is -3.43. The number of pyridine rings is 1. The fourth-order valence-corrected chi connectivity index (χ4v) is 2.23. The highest BCUT2D eigenvalue weighted by atomic mass is 32.2. The molecule has 1 rings (SSSR count). The number of nitrogens with one attached hydrogen (secondary N) is 1. The fourth-order valence-electron chi connectivity index (χ4n) is 1.47. The number of amides is 1. The number of hydrogen-bond acceptors (Lipinski definition) is 5. The number of aromatic nitrogens is 1. The molecule has 0 aliphatic heterocycles. The Balaban J connectivity index is 2.50. The van der Waals surface area contributed by atoms with Crippen molar-refractivity contribution in [3.63, 3.8) is 0 Å². The lowest BCUT2D eigenvalue weighted by molar-refractivity contribution is -0.121. The van der Waals surface area contributed by atoms with E-state index in [-0.39, 0.29) is 25.6 Å². The Morgan fingerprint density at radius 2 is 2.05 bits per heavy atom. The maximum absolute atomic E-state index is 11.8. The number of rotatable bonds is 8. The average Bonchev–Trinajstić information content (AvgIpc) is 2.41. The van der Waals surface area contributed by atoms with Gasteiger partial charge < -0.3 is 10.1 Å². The number of carbonyl (C=O) groups excluding carboxylic acids is 1. The fraction of sp³-hybridized carbons (Fsp3) is 0.500. The molecule has 0 aliphatic carbocycles. The average molecular weight is 301 g/mol. The largest absolute Gasteiger partial charge is 0.383 e. The molecule has 0 saturated carbocycles. The maximum Gasteiger partial charge on any atom is 0.235 e. The van der Waals surface area contributed by atoms with Crippen LogP contribution in [-0.2, 0) is 26.1 Å². The number of nitrogens with zero attached hydrogens (tertiary/aromatic N) is 2. The van der Waals surface area contributed by atoms with E-state index in [0.717, 1.165) is 16.1 Å². The first kappa shape index (κ1) is 16.5. The van der Waals surface area contributed by atoms with Crippen LogP contribution < -0.4 is 5.32 Å². The van der Waals surface area contributed by atoms with Gasteiger partial charge in [0.2, 0.25) is 15.9 Å². The summed E-state index contributed by atoms with van der Waals surface area (Å²) in [7, 11) is -1.96. The van der Waals surface area contributed by atoms with Gasteiger partial charge in [-0.2, -0.15) is 4.31 Å². The third-order valence-corrected chi connectivity index (χ3v) is 3.82. The van der Waals surface area contributed by atoms with Gasteiger partial charge in [-0.3, -0.25) is 9.78 Å². The summed E-state index contributed by atoms with van der Waals surface area (Å²) in [5.41, 5.74) is 0.899. The Labute approximate surface area is 119 Å². The molecule has 0 aromatic carbocycles. The zero-order valence-corrected chi connectivity index (χ0v) is 12.4. The second-order valence-corrected chi connectivity index (χ2v) is 6.20. The van der Waals surface area contributed by atoms with Gasteiger partial charge in [-0.05, 0) is 17.7 Å². The summed E-state index contributed by atoms with van der Waals surface area (Å²) < 4.78 is 29.0. The van der Waals surface area contributed by atoms with Crippen LogP contribution in [0.3, 0.4) is 0 Å². The van der Waals surface area contributed by atoms with Gasteiger partial charge in [0, 0.05) is 32.6 Å². The summed E-state index contributed by atoms with van der Waals surface area (Å²) in [6.07, 6.45) is 4.32. The molecule has 1 aromatic rings. The minimum Gasteiger partial charge on any atom is -0.383 e. The highest BCUT2D eigenvalue weighted by molar-refractivity contribution is 7.88. The molecule has 0 bridgehead atoms. The molecule has 8 heteroatoms. The number of ether oxygens (including phenoxy) is 1. The molecule has 1 N–H and O–H groups in total. The Morgan fingerprint density at radius 1 is 1.40 bits per heavy atom. The van der Waals surface area contributed by atoms with Crippen LogP contribution in [0.4, 0.5) is 0 Å². The van der Waals surface area contributed by atoms with E-state index < -0.39 is 10.0 Å². The summed E-state index contributed by atoms with van der Waals surface area (Å²) >= 11 is 0. The Hall–Kier alpha value is -1.51. The Kier molecular flexibility index (Phi) is 6.56. The topological polar surface area (TPSA) is 88.6 Å². The van der Waals surface area contributed by atoms with Crippen molar-refractivity contribution in [1.29, 1.82) is 0 Å². The van der Waals surface area contributed by atoms with Crippen LogP contribution in [0.2, 0.25) is 0 Å². The molecule has 0 spiro atoms. The molecule has 0 atom stereocenters. The van der Waals surface area contributed by atoms with Crippen LogP contribution in [-0.4, -0.2) is 56.7 Å². The zero-order valence-electron chi connectivity index (χ0n) is 11.6. The molecule has 0 radical (unpaired) electrons. The molecule has 1 amide bonds. The normalized spacial score (nSPS) is 11.6. The summed E-state index contributed by atoms with van der Waals surface area (Å²) in [5, 5.41) is 2.66. The van der Waals surface area contributed by atoms with E-state index in [1.54, 1.807) is 24.5 Å². The van der Waals surface area contributed by atoms with Crippen LogP contribution in [0.15, 0.2) is 24.5 Å². The van der Waals surface area contributed by atoms with Gasteiger partial charge in [-0.15, -0.1) is 0 Å². The lowest BCUT2D eigenvalue weighted by Gasteiger charge is -2.18. The lowest BCUT2D eigenvalue weighted by Crippen LogP contribution is -2.41. The third-order valence-electron chi connectivity index (χ3n) is 2.57. The third kappa shape index (κ3) is 6.09. The van der Waals surface area contributed by atoms with Crippen molar-refractivity contribution < 1.29 is 17.9 Å². The summed E-state index contributed by atoms with van der Waals surface area (Å²) in [6, 6.07) is 3.55. The first-order chi connectivity index (χ1) is 9.43. The van der Waals surface area contributed by atoms with Crippen LogP contribution >= 0.6 is 0 Å². The molecule has 112 valence electrons. The van der Waals surface area contributed by atoms with E-state index >= 15 is 0 Å². The zero-order chi connectivity index (χ0) is 15.0. The van der Waals surface area contributed by atoms with Gasteiger partial charge in [0.15, 0.2) is 0 Å². The molecule has 7 nitrogen and oxygen atoms in total.